The maximum absolute atomic E-state index is 9.84. The van der Waals surface area contributed by atoms with Crippen LogP contribution in [-0.2, 0) is 0 Å². The zero-order valence-electron chi connectivity index (χ0n) is 9.54. The molecule has 1 aliphatic heterocycles. The van der Waals surface area contributed by atoms with Gasteiger partial charge in [0.25, 0.3) is 0 Å². The SMILES string of the molecule is C[C@H]1[C@@H](O)C[C@H](C(C)(C)C)CN1C. The third-order valence-corrected chi connectivity index (χ3v) is 3.51. The van der Waals surface area contributed by atoms with Crippen LogP contribution in [0.2, 0.25) is 0 Å². The van der Waals surface area contributed by atoms with Gasteiger partial charge in [-0.3, -0.25) is 0 Å². The van der Waals surface area contributed by atoms with Gasteiger partial charge in [0.05, 0.1) is 6.10 Å². The van der Waals surface area contributed by atoms with Crippen LogP contribution >= 0.6 is 0 Å². The topological polar surface area (TPSA) is 23.5 Å². The fourth-order valence-electron chi connectivity index (χ4n) is 2.00. The Balaban J connectivity index is 2.64. The molecule has 0 radical (unpaired) electrons. The molecule has 2 nitrogen and oxygen atoms in total. The average Bonchev–Trinajstić information content (AvgIpc) is 1.97. The van der Waals surface area contributed by atoms with E-state index in [9.17, 15) is 5.11 Å². The lowest BCUT2D eigenvalue weighted by atomic mass is 9.74. The number of hydrogen-bond acceptors (Lipinski definition) is 2. The van der Waals surface area contributed by atoms with E-state index in [1.807, 2.05) is 0 Å². The molecule has 0 aromatic heterocycles. The highest BCUT2D eigenvalue weighted by atomic mass is 16.3. The second-order valence-corrected chi connectivity index (χ2v) is 5.55. The van der Waals surface area contributed by atoms with Crippen molar-refractivity contribution in [3.63, 3.8) is 0 Å². The van der Waals surface area contributed by atoms with Crippen molar-refractivity contribution in [3.8, 4) is 0 Å². The van der Waals surface area contributed by atoms with E-state index in [4.69, 9.17) is 0 Å². The molecule has 1 aliphatic rings. The molecular formula is C11H23NO. The van der Waals surface area contributed by atoms with Crippen molar-refractivity contribution >= 4 is 0 Å². The first-order chi connectivity index (χ1) is 5.82. The van der Waals surface area contributed by atoms with Gasteiger partial charge < -0.3 is 10.0 Å². The molecule has 0 aromatic carbocycles. The van der Waals surface area contributed by atoms with Crippen LogP contribution in [0.5, 0.6) is 0 Å². The Labute approximate surface area is 81.9 Å². The molecule has 2 heteroatoms. The normalized spacial score (nSPS) is 37.8. The largest absolute Gasteiger partial charge is 0.391 e. The Morgan fingerprint density at radius 3 is 2.23 bits per heavy atom. The molecule has 1 heterocycles. The van der Waals surface area contributed by atoms with E-state index in [0.29, 0.717) is 17.4 Å². The number of hydrogen-bond donors (Lipinski definition) is 1. The van der Waals surface area contributed by atoms with Crippen molar-refractivity contribution in [1.82, 2.24) is 4.90 Å². The summed E-state index contributed by atoms with van der Waals surface area (Å²) in [7, 11) is 2.10. The Morgan fingerprint density at radius 2 is 1.85 bits per heavy atom. The Kier molecular flexibility index (Phi) is 3.03. The van der Waals surface area contributed by atoms with Gasteiger partial charge in [0.2, 0.25) is 0 Å². The summed E-state index contributed by atoms with van der Waals surface area (Å²) in [4.78, 5) is 2.27. The molecule has 0 bridgehead atoms. The summed E-state index contributed by atoms with van der Waals surface area (Å²) < 4.78 is 0. The summed E-state index contributed by atoms with van der Waals surface area (Å²) >= 11 is 0. The highest BCUT2D eigenvalue weighted by Crippen LogP contribution is 2.34. The van der Waals surface area contributed by atoms with E-state index >= 15 is 0 Å². The summed E-state index contributed by atoms with van der Waals surface area (Å²) in [6, 6.07) is 0.318. The van der Waals surface area contributed by atoms with E-state index in [1.54, 1.807) is 0 Å². The van der Waals surface area contributed by atoms with Crippen LogP contribution in [0.1, 0.15) is 34.1 Å². The first-order valence-electron chi connectivity index (χ1n) is 5.20. The molecule has 13 heavy (non-hydrogen) atoms. The number of likely N-dealkylation sites (tertiary alicyclic amines) is 1. The smallest absolute Gasteiger partial charge is 0.0695 e. The number of aliphatic hydroxyl groups is 1. The van der Waals surface area contributed by atoms with Crippen LogP contribution < -0.4 is 0 Å². The minimum atomic E-state index is -0.150. The molecule has 0 amide bonds. The van der Waals surface area contributed by atoms with Crippen LogP contribution in [-0.4, -0.2) is 35.7 Å². The molecule has 0 aliphatic carbocycles. The molecule has 1 fully saturated rings. The summed E-state index contributed by atoms with van der Waals surface area (Å²) in [5, 5.41) is 9.84. The Hall–Kier alpha value is -0.0800. The van der Waals surface area contributed by atoms with Gasteiger partial charge in [0, 0.05) is 12.6 Å². The second-order valence-electron chi connectivity index (χ2n) is 5.55. The molecule has 78 valence electrons. The first kappa shape index (κ1) is 11.0. The van der Waals surface area contributed by atoms with E-state index in [2.05, 4.69) is 39.6 Å². The molecule has 1 N–H and O–H groups in total. The lowest BCUT2D eigenvalue weighted by Gasteiger charge is -2.44. The summed E-state index contributed by atoms with van der Waals surface area (Å²) in [6.45, 7) is 9.99. The predicted molar refractivity (Wildman–Crippen MR) is 55.7 cm³/mol. The van der Waals surface area contributed by atoms with Crippen molar-refractivity contribution in [2.24, 2.45) is 11.3 Å². The van der Waals surface area contributed by atoms with Crippen molar-refractivity contribution < 1.29 is 5.11 Å². The maximum atomic E-state index is 9.84. The van der Waals surface area contributed by atoms with Gasteiger partial charge in [-0.15, -0.1) is 0 Å². The fraction of sp³-hybridized carbons (Fsp3) is 1.00. The highest BCUT2D eigenvalue weighted by Gasteiger charge is 2.35. The van der Waals surface area contributed by atoms with Crippen LogP contribution in [0, 0.1) is 11.3 Å². The van der Waals surface area contributed by atoms with Crippen molar-refractivity contribution in [1.29, 1.82) is 0 Å². The Bertz CT molecular complexity index is 161. The van der Waals surface area contributed by atoms with Crippen LogP contribution in [0.4, 0.5) is 0 Å². The molecule has 0 aromatic rings. The van der Waals surface area contributed by atoms with E-state index in [1.165, 1.54) is 0 Å². The second kappa shape index (κ2) is 3.58. The zero-order valence-corrected chi connectivity index (χ0v) is 9.54. The van der Waals surface area contributed by atoms with Gasteiger partial charge in [-0.25, -0.2) is 0 Å². The quantitative estimate of drug-likeness (QED) is 0.621. The predicted octanol–water partition coefficient (Wildman–Crippen LogP) is 1.73. The van der Waals surface area contributed by atoms with Gasteiger partial charge >= 0.3 is 0 Å². The van der Waals surface area contributed by atoms with Crippen molar-refractivity contribution in [3.05, 3.63) is 0 Å². The molecule has 0 unspecified atom stereocenters. The zero-order chi connectivity index (χ0) is 10.2. The molecule has 0 spiro atoms. The number of nitrogens with zero attached hydrogens (tertiary/aromatic N) is 1. The van der Waals surface area contributed by atoms with Crippen LogP contribution in [0.25, 0.3) is 0 Å². The van der Waals surface area contributed by atoms with Gasteiger partial charge in [-0.05, 0) is 31.7 Å². The van der Waals surface area contributed by atoms with E-state index < -0.39 is 0 Å². The summed E-state index contributed by atoms with van der Waals surface area (Å²) in [5.41, 5.74) is 0.315. The lowest BCUT2D eigenvalue weighted by molar-refractivity contribution is -0.0225. The molecule has 1 saturated heterocycles. The molecule has 0 saturated carbocycles. The minimum Gasteiger partial charge on any atom is -0.391 e. The summed E-state index contributed by atoms with van der Waals surface area (Å²) in [5.74, 6) is 0.615. The molecule has 3 atom stereocenters. The third kappa shape index (κ3) is 2.44. The summed E-state index contributed by atoms with van der Waals surface area (Å²) in [6.07, 6.45) is 0.803. The van der Waals surface area contributed by atoms with Crippen molar-refractivity contribution in [2.45, 2.75) is 46.3 Å². The first-order valence-corrected chi connectivity index (χ1v) is 5.20. The van der Waals surface area contributed by atoms with E-state index in [-0.39, 0.29) is 6.10 Å². The van der Waals surface area contributed by atoms with Crippen molar-refractivity contribution in [2.75, 3.05) is 13.6 Å². The molecule has 1 rings (SSSR count). The minimum absolute atomic E-state index is 0.150. The standard InChI is InChI=1S/C11H23NO/c1-8-10(13)6-9(7-12(8)5)11(2,3)4/h8-10,13H,6-7H2,1-5H3/t8-,9-,10-/m0/s1. The fourth-order valence-corrected chi connectivity index (χ4v) is 2.00. The van der Waals surface area contributed by atoms with Gasteiger partial charge in [0.15, 0.2) is 0 Å². The van der Waals surface area contributed by atoms with Gasteiger partial charge in [-0.2, -0.15) is 0 Å². The number of likely N-dealkylation sites (N-methyl/N-ethyl adjacent to an activating group) is 1. The lowest BCUT2D eigenvalue weighted by Crippen LogP contribution is -2.50. The average molecular weight is 185 g/mol. The van der Waals surface area contributed by atoms with Gasteiger partial charge in [-0.1, -0.05) is 20.8 Å². The van der Waals surface area contributed by atoms with Gasteiger partial charge in [0.1, 0.15) is 0 Å². The third-order valence-electron chi connectivity index (χ3n) is 3.51. The van der Waals surface area contributed by atoms with Crippen LogP contribution in [0.15, 0.2) is 0 Å². The van der Waals surface area contributed by atoms with E-state index in [0.717, 1.165) is 13.0 Å². The number of rotatable bonds is 0. The molecular weight excluding hydrogens is 162 g/mol. The monoisotopic (exact) mass is 185 g/mol. The highest BCUT2D eigenvalue weighted by molar-refractivity contribution is 4.88. The Morgan fingerprint density at radius 1 is 1.31 bits per heavy atom. The van der Waals surface area contributed by atoms with Crippen LogP contribution in [0.3, 0.4) is 0 Å². The number of piperidine rings is 1. The maximum Gasteiger partial charge on any atom is 0.0695 e. The number of aliphatic hydroxyl groups excluding tert-OH is 1.